The Kier molecular flexibility index (Phi) is 34.8. The molecular formula is C88H140N4O14S2. The number of carboxylic acids is 1. The Morgan fingerprint density at radius 3 is 1.59 bits per heavy atom. The van der Waals surface area contributed by atoms with E-state index in [1.807, 2.05) is 71.9 Å². The third kappa shape index (κ3) is 25.1. The number of rotatable bonds is 38. The molecule has 608 valence electrons. The number of unbranched alkanes of at least 4 members (excludes halogenated alkanes) is 5. The highest BCUT2D eigenvalue weighted by Gasteiger charge is 2.52. The average molecular weight is 1540 g/mol. The molecule has 3 aliphatic rings. The van der Waals surface area contributed by atoms with Crippen molar-refractivity contribution in [2.45, 2.75) is 299 Å². The van der Waals surface area contributed by atoms with Crippen molar-refractivity contribution in [1.82, 2.24) is 10.3 Å². The molecule has 108 heavy (non-hydrogen) atoms. The molecule has 2 aliphatic carbocycles. The van der Waals surface area contributed by atoms with Crippen LogP contribution in [0.3, 0.4) is 0 Å². The van der Waals surface area contributed by atoms with Gasteiger partial charge in [-0.2, -0.15) is 0 Å². The molecule has 1 aromatic heterocycles. The van der Waals surface area contributed by atoms with E-state index in [2.05, 4.69) is 119 Å². The van der Waals surface area contributed by atoms with Crippen molar-refractivity contribution in [2.24, 2.45) is 84.3 Å². The number of aromatic nitrogens is 1. The zero-order valence-corrected chi connectivity index (χ0v) is 72.4. The number of aromatic amines is 1. The SMILES string of the molecule is CCCCCCCCOC(=O)CSCC(C)(C)C(=O)OCCCC(CC)(CC)C(=O)NC1=NC(=Cc2[nH]c(NC(=O)C(CC)(CC)CCCSC(CC(=O)O)C(=O)OC)c(C(=O)OC3C(C(C)(C)C)CC(C)CC3C(C)(C)C)c2-c2ccccc2)C(C(C)C)=C1C(=O)OC1C(C(C)(C)C)CC(C)CC1C(C)(C)C. The minimum atomic E-state index is -1.13. The molecule has 5 unspecified atom stereocenters. The summed E-state index contributed by atoms with van der Waals surface area (Å²) in [5.41, 5.74) is -1.52. The number of H-pyrrole nitrogens is 1. The summed E-state index contributed by atoms with van der Waals surface area (Å²) in [5.74, 6) is -3.27. The smallest absolute Gasteiger partial charge is 0.342 e. The minimum absolute atomic E-state index is 0.0205. The number of nitrogens with one attached hydrogen (secondary N) is 3. The molecule has 0 saturated heterocycles. The van der Waals surface area contributed by atoms with Crippen LogP contribution < -0.4 is 10.6 Å². The Labute approximate surface area is 658 Å². The monoisotopic (exact) mass is 1540 g/mol. The first-order valence-corrected chi connectivity index (χ1v) is 42.8. The quantitative estimate of drug-likeness (QED) is 0.0277. The molecule has 2 aromatic rings. The molecule has 0 radical (unpaired) electrons. The van der Waals surface area contributed by atoms with Crippen molar-refractivity contribution in [3.8, 4) is 11.1 Å². The van der Waals surface area contributed by atoms with Crippen LogP contribution in [0.25, 0.3) is 17.2 Å². The molecule has 2 fully saturated rings. The molecule has 1 aromatic carbocycles. The van der Waals surface area contributed by atoms with Gasteiger partial charge in [0.25, 0.3) is 0 Å². The third-order valence-corrected chi connectivity index (χ3v) is 26.3. The lowest BCUT2D eigenvalue weighted by Crippen LogP contribution is -2.50. The van der Waals surface area contributed by atoms with Gasteiger partial charge in [-0.05, 0) is 160 Å². The van der Waals surface area contributed by atoms with Gasteiger partial charge in [-0.1, -0.05) is 208 Å². The Morgan fingerprint density at radius 1 is 0.630 bits per heavy atom. The number of allylic oxidation sites excluding steroid dienone is 1. The number of hydrogen-bond donors (Lipinski definition) is 4. The number of aliphatic carboxylic acids is 1. The lowest BCUT2D eigenvalue weighted by Gasteiger charge is -2.50. The number of aliphatic imine (C=N–C) groups is 1. The van der Waals surface area contributed by atoms with Crippen LogP contribution in [-0.4, -0.2) is 119 Å². The molecule has 2 heterocycles. The zero-order valence-electron chi connectivity index (χ0n) is 70.7. The second-order valence-corrected chi connectivity index (χ2v) is 39.1. The molecule has 5 rings (SSSR count). The van der Waals surface area contributed by atoms with Gasteiger partial charge in [0.15, 0.2) is 0 Å². The zero-order chi connectivity index (χ0) is 81.1. The number of amides is 2. The van der Waals surface area contributed by atoms with Gasteiger partial charge >= 0.3 is 35.8 Å². The average Bonchev–Trinajstić information content (AvgIpc) is 1.45. The fourth-order valence-electron chi connectivity index (χ4n) is 16.6. The Bertz CT molecular complexity index is 3390. The number of ether oxygens (including phenoxy) is 5. The van der Waals surface area contributed by atoms with Gasteiger partial charge in [0.2, 0.25) is 11.8 Å². The summed E-state index contributed by atoms with van der Waals surface area (Å²) in [6.45, 7) is 49.0. The van der Waals surface area contributed by atoms with Crippen LogP contribution in [0.2, 0.25) is 0 Å². The fraction of sp³-hybridized carbons (Fsp3) is 0.739. The number of carbonyl (C=O) groups excluding carboxylic acids is 7. The van der Waals surface area contributed by atoms with Crippen LogP contribution in [0.5, 0.6) is 0 Å². The van der Waals surface area contributed by atoms with E-state index in [1.165, 1.54) is 49.9 Å². The molecule has 4 N–H and O–H groups in total. The molecule has 1 aliphatic heterocycles. The lowest BCUT2D eigenvalue weighted by atomic mass is 9.59. The highest BCUT2D eigenvalue weighted by Crippen LogP contribution is 2.53. The molecule has 20 heteroatoms. The second kappa shape index (κ2) is 40.5. The number of benzene rings is 1. The van der Waals surface area contributed by atoms with Crippen LogP contribution >= 0.6 is 23.5 Å². The maximum atomic E-state index is 16.3. The summed E-state index contributed by atoms with van der Waals surface area (Å²) in [7, 11) is 1.23. The number of esters is 5. The van der Waals surface area contributed by atoms with Crippen molar-refractivity contribution in [3.05, 3.63) is 58.4 Å². The topological polar surface area (TPSA) is 255 Å². The van der Waals surface area contributed by atoms with Crippen molar-refractivity contribution >= 4 is 88.9 Å². The highest BCUT2D eigenvalue weighted by molar-refractivity contribution is 8.00. The van der Waals surface area contributed by atoms with Gasteiger partial charge in [-0.25, -0.2) is 14.6 Å². The summed E-state index contributed by atoms with van der Waals surface area (Å²) < 4.78 is 30.6. The number of anilines is 1. The number of thioether (sulfide) groups is 2. The van der Waals surface area contributed by atoms with Crippen molar-refractivity contribution in [2.75, 3.05) is 42.9 Å². The van der Waals surface area contributed by atoms with Gasteiger partial charge < -0.3 is 44.4 Å². The summed E-state index contributed by atoms with van der Waals surface area (Å²) in [6.07, 6.45) is 13.4. The Hall–Kier alpha value is -5.89. The largest absolute Gasteiger partial charge is 0.481 e. The van der Waals surface area contributed by atoms with E-state index in [4.69, 9.17) is 28.7 Å². The highest BCUT2D eigenvalue weighted by atomic mass is 32.2. The first-order chi connectivity index (χ1) is 50.4. The van der Waals surface area contributed by atoms with E-state index >= 15 is 19.2 Å². The van der Waals surface area contributed by atoms with E-state index in [0.717, 1.165) is 44.9 Å². The summed E-state index contributed by atoms with van der Waals surface area (Å²) in [4.78, 5) is 123. The molecular weight excluding hydrogens is 1400 g/mol. The normalized spacial score (nSPS) is 21.1. The Morgan fingerprint density at radius 2 is 1.11 bits per heavy atom. The lowest BCUT2D eigenvalue weighted by molar-refractivity contribution is -0.164. The number of methoxy groups -OCH3 is 1. The van der Waals surface area contributed by atoms with Crippen LogP contribution in [0.4, 0.5) is 5.82 Å². The van der Waals surface area contributed by atoms with Gasteiger partial charge in [-0.3, -0.25) is 28.8 Å². The number of carbonyl (C=O) groups is 8. The summed E-state index contributed by atoms with van der Waals surface area (Å²) in [5, 5.41) is 15.2. The van der Waals surface area contributed by atoms with Crippen LogP contribution in [0, 0.1) is 79.3 Å². The Balaban J connectivity index is 1.71. The minimum Gasteiger partial charge on any atom is -0.481 e. The third-order valence-electron chi connectivity index (χ3n) is 23.6. The fourth-order valence-corrected chi connectivity index (χ4v) is 18.7. The van der Waals surface area contributed by atoms with E-state index in [-0.39, 0.29) is 98.3 Å². The maximum absolute atomic E-state index is 16.3. The van der Waals surface area contributed by atoms with Gasteiger partial charge in [0.1, 0.15) is 40.2 Å². The molecule has 2 saturated carbocycles. The van der Waals surface area contributed by atoms with Crippen LogP contribution in [0.15, 0.2) is 52.2 Å². The van der Waals surface area contributed by atoms with E-state index in [1.54, 1.807) is 19.9 Å². The predicted molar refractivity (Wildman–Crippen MR) is 439 cm³/mol. The predicted octanol–water partition coefficient (Wildman–Crippen LogP) is 20.5. The molecule has 5 atom stereocenters. The van der Waals surface area contributed by atoms with Gasteiger partial charge in [0, 0.05) is 45.8 Å². The van der Waals surface area contributed by atoms with Crippen molar-refractivity contribution in [3.63, 3.8) is 0 Å². The van der Waals surface area contributed by atoms with Gasteiger partial charge in [-0.15, -0.1) is 23.5 Å². The summed E-state index contributed by atoms with van der Waals surface area (Å²) in [6, 6.07) is 9.46. The number of hydrogen-bond acceptors (Lipinski definition) is 16. The first-order valence-electron chi connectivity index (χ1n) is 40.6. The standard InChI is InChI=1S/C88H140N4O14S2/c1-25-30-31-32-33-37-44-103-67(95)53-107-54-86(22,23)81(101)104-45-38-42-87(26-2,27-3)79(99)91-74-70(77(97)105-72-59(82(10,11)12)47-56(8)48-60(72)83(13,14)15)68(55(6)7)63(89-74)51-64-69(58-40-35-34-36-41-58)71(78(98)106-73-61(84(16,17)18)49-57(9)50-62(73)85(19,20)21)75(90-64)92-80(100)88(28-4,29-5)43-39-46-108-65(52-66(93)94)76(96)102-24/h34-36,40-41,51,55-57,59-62,65,72-73,90H,25-33,37-39,42-50,52-54H2,1-24H3,(H,92,100)(H,93,94)(H,89,91,99). The van der Waals surface area contributed by atoms with Crippen molar-refractivity contribution in [1.29, 1.82) is 0 Å². The van der Waals surface area contributed by atoms with Crippen LogP contribution in [-0.2, 0) is 57.2 Å². The van der Waals surface area contributed by atoms with Gasteiger partial charge in [0.05, 0.1) is 49.3 Å². The number of carboxylic acid groups (broad SMARTS) is 1. The molecule has 0 bridgehead atoms. The molecule has 18 nitrogen and oxygen atoms in total. The maximum Gasteiger partial charge on any atom is 0.342 e. The second-order valence-electron chi connectivity index (χ2n) is 36.8. The van der Waals surface area contributed by atoms with E-state index in [9.17, 15) is 24.3 Å². The van der Waals surface area contributed by atoms with Crippen LogP contribution in [0.1, 0.15) is 297 Å². The van der Waals surface area contributed by atoms with E-state index < -0.39 is 75.9 Å². The molecule has 2 amide bonds. The van der Waals surface area contributed by atoms with E-state index in [0.29, 0.717) is 109 Å². The number of amidine groups is 1. The summed E-state index contributed by atoms with van der Waals surface area (Å²) >= 11 is 2.52. The number of nitrogens with zero attached hydrogens (tertiary/aromatic N) is 1. The van der Waals surface area contributed by atoms with Crippen molar-refractivity contribution < 1.29 is 67.1 Å². The molecule has 0 spiro atoms. The first kappa shape index (κ1) is 92.7.